The Morgan fingerprint density at radius 2 is 1.60 bits per heavy atom. The highest BCUT2D eigenvalue weighted by Crippen LogP contribution is 2.24. The number of amides is 3. The molecule has 3 amide bonds. The number of benzene rings is 1. The Kier molecular flexibility index (Phi) is 9.81. The van der Waals surface area contributed by atoms with Gasteiger partial charge in [-0.1, -0.05) is 43.6 Å². The SMILES string of the molecule is Cc1c(C(=O)N[C@H](C(=O)N2CCC[C@H]2C(=O)N[C@H](C(=O)C(F)(F)F)C(C)C)C(C)C)cnn1-c1ccc(Br)cc1. The number of carbonyl (C=O) groups excluding carboxylic acids is 4. The highest BCUT2D eigenvalue weighted by Gasteiger charge is 2.46. The molecule has 1 aliphatic rings. The quantitative estimate of drug-likeness (QED) is 0.437. The number of nitrogens with one attached hydrogen (secondary N) is 2. The Balaban J connectivity index is 1.77. The van der Waals surface area contributed by atoms with Crippen molar-refractivity contribution in [3.05, 3.63) is 46.2 Å². The lowest BCUT2D eigenvalue weighted by Crippen LogP contribution is -2.58. The molecule has 3 rings (SSSR count). The molecule has 2 aromatic rings. The zero-order valence-electron chi connectivity index (χ0n) is 22.9. The van der Waals surface area contributed by atoms with Crippen LogP contribution in [0.4, 0.5) is 13.2 Å². The van der Waals surface area contributed by atoms with E-state index in [4.69, 9.17) is 0 Å². The summed E-state index contributed by atoms with van der Waals surface area (Å²) in [5.41, 5.74) is 1.57. The van der Waals surface area contributed by atoms with E-state index >= 15 is 0 Å². The lowest BCUT2D eigenvalue weighted by atomic mass is 9.98. The number of alkyl halides is 3. The van der Waals surface area contributed by atoms with Crippen molar-refractivity contribution in [1.29, 1.82) is 0 Å². The van der Waals surface area contributed by atoms with Crippen molar-refractivity contribution in [2.45, 2.75) is 71.8 Å². The second-order valence-electron chi connectivity index (χ2n) is 10.5. The van der Waals surface area contributed by atoms with Crippen LogP contribution in [0.2, 0.25) is 0 Å². The second-order valence-corrected chi connectivity index (χ2v) is 11.4. The van der Waals surface area contributed by atoms with E-state index in [9.17, 15) is 32.3 Å². The van der Waals surface area contributed by atoms with Crippen LogP contribution in [0.5, 0.6) is 0 Å². The van der Waals surface area contributed by atoms with Crippen LogP contribution in [-0.2, 0) is 14.4 Å². The molecule has 0 bridgehead atoms. The van der Waals surface area contributed by atoms with Gasteiger partial charge in [-0.05, 0) is 55.9 Å². The summed E-state index contributed by atoms with van der Waals surface area (Å²) >= 11 is 3.38. The van der Waals surface area contributed by atoms with E-state index in [1.54, 1.807) is 25.5 Å². The minimum atomic E-state index is -5.11. The number of aromatic nitrogens is 2. The van der Waals surface area contributed by atoms with Gasteiger partial charge in [-0.25, -0.2) is 4.68 Å². The fourth-order valence-corrected chi connectivity index (χ4v) is 4.91. The van der Waals surface area contributed by atoms with Gasteiger partial charge >= 0.3 is 6.18 Å². The molecule has 1 aromatic heterocycles. The molecular formula is C27H33BrF3N5O4. The van der Waals surface area contributed by atoms with Crippen LogP contribution in [-0.4, -0.2) is 69.0 Å². The van der Waals surface area contributed by atoms with E-state index in [1.165, 1.54) is 24.9 Å². The van der Waals surface area contributed by atoms with Crippen LogP contribution in [0.25, 0.3) is 5.69 Å². The van der Waals surface area contributed by atoms with E-state index in [0.717, 1.165) is 10.2 Å². The van der Waals surface area contributed by atoms with Crippen molar-refractivity contribution in [2.24, 2.45) is 11.8 Å². The maximum atomic E-state index is 13.6. The second kappa shape index (κ2) is 12.5. The number of hydrogen-bond donors (Lipinski definition) is 2. The predicted octanol–water partition coefficient (Wildman–Crippen LogP) is 3.96. The molecule has 40 heavy (non-hydrogen) atoms. The first-order valence-corrected chi connectivity index (χ1v) is 13.8. The summed E-state index contributed by atoms with van der Waals surface area (Å²) in [6.45, 7) is 8.20. The Morgan fingerprint density at radius 1 is 1.00 bits per heavy atom. The maximum Gasteiger partial charge on any atom is 0.452 e. The average Bonchev–Trinajstić information content (AvgIpc) is 3.51. The van der Waals surface area contributed by atoms with Crippen molar-refractivity contribution < 1.29 is 32.3 Å². The highest BCUT2D eigenvalue weighted by molar-refractivity contribution is 9.10. The first-order valence-electron chi connectivity index (χ1n) is 13.0. The van der Waals surface area contributed by atoms with Crippen molar-refractivity contribution in [3.8, 4) is 5.69 Å². The Bertz CT molecular complexity index is 1260. The van der Waals surface area contributed by atoms with E-state index < -0.39 is 53.7 Å². The average molecular weight is 628 g/mol. The number of likely N-dealkylation sites (tertiary alicyclic amines) is 1. The highest BCUT2D eigenvalue weighted by atomic mass is 79.9. The molecule has 0 unspecified atom stereocenters. The normalized spacial score (nSPS) is 17.2. The molecule has 1 aromatic carbocycles. The predicted molar refractivity (Wildman–Crippen MR) is 145 cm³/mol. The smallest absolute Gasteiger partial charge is 0.344 e. The number of halogens is 4. The summed E-state index contributed by atoms with van der Waals surface area (Å²) < 4.78 is 41.7. The molecule has 3 atom stereocenters. The van der Waals surface area contributed by atoms with Crippen molar-refractivity contribution in [2.75, 3.05) is 6.54 Å². The summed E-state index contributed by atoms with van der Waals surface area (Å²) in [6.07, 6.45) is -3.03. The summed E-state index contributed by atoms with van der Waals surface area (Å²) in [5, 5.41) is 9.27. The summed E-state index contributed by atoms with van der Waals surface area (Å²) in [7, 11) is 0. The van der Waals surface area contributed by atoms with E-state index in [2.05, 4.69) is 31.7 Å². The zero-order valence-corrected chi connectivity index (χ0v) is 24.5. The van der Waals surface area contributed by atoms with Gasteiger partial charge in [0, 0.05) is 11.0 Å². The first kappa shape index (κ1) is 31.3. The Labute approximate surface area is 239 Å². The molecule has 2 N–H and O–H groups in total. The van der Waals surface area contributed by atoms with Crippen LogP contribution in [0.15, 0.2) is 34.9 Å². The van der Waals surface area contributed by atoms with Crippen LogP contribution in [0.1, 0.15) is 56.6 Å². The molecular weight excluding hydrogens is 595 g/mol. The molecule has 2 heterocycles. The fraction of sp³-hybridized carbons (Fsp3) is 0.519. The third-order valence-electron chi connectivity index (χ3n) is 6.91. The monoisotopic (exact) mass is 627 g/mol. The van der Waals surface area contributed by atoms with E-state index in [0.29, 0.717) is 12.1 Å². The summed E-state index contributed by atoms with van der Waals surface area (Å²) in [4.78, 5) is 53.0. The summed E-state index contributed by atoms with van der Waals surface area (Å²) in [6, 6.07) is 3.51. The van der Waals surface area contributed by atoms with Gasteiger partial charge in [0.2, 0.25) is 11.8 Å². The molecule has 0 aliphatic carbocycles. The van der Waals surface area contributed by atoms with Gasteiger partial charge in [0.25, 0.3) is 11.7 Å². The standard InChI is InChI=1S/C27H33BrF3N5O4/c1-14(2)21(23(37)27(29,30)31)33-25(39)20-7-6-12-35(20)26(40)22(15(3)4)34-24(38)19-13-32-36(16(19)5)18-10-8-17(28)9-11-18/h8-11,13-15,20-22H,6-7,12H2,1-5H3,(H,33,39)(H,34,38)/t20-,21-,22-/m0/s1. The van der Waals surface area contributed by atoms with Crippen molar-refractivity contribution in [1.82, 2.24) is 25.3 Å². The van der Waals surface area contributed by atoms with Crippen LogP contribution in [0, 0.1) is 18.8 Å². The molecule has 9 nitrogen and oxygen atoms in total. The third kappa shape index (κ3) is 6.91. The van der Waals surface area contributed by atoms with E-state index in [-0.39, 0.29) is 24.4 Å². The van der Waals surface area contributed by atoms with Crippen LogP contribution < -0.4 is 10.6 Å². The molecule has 1 aliphatic heterocycles. The third-order valence-corrected chi connectivity index (χ3v) is 7.44. The minimum Gasteiger partial charge on any atom is -0.344 e. The molecule has 218 valence electrons. The minimum absolute atomic E-state index is 0.191. The van der Waals surface area contributed by atoms with Gasteiger partial charge < -0.3 is 15.5 Å². The first-order chi connectivity index (χ1) is 18.6. The van der Waals surface area contributed by atoms with Gasteiger partial charge in [-0.2, -0.15) is 18.3 Å². The summed E-state index contributed by atoms with van der Waals surface area (Å²) in [5.74, 6) is -5.10. The number of Topliss-reactive ketones (excluding diaryl/α,β-unsaturated/α-hetero) is 1. The Hall–Kier alpha value is -3.22. The fourth-order valence-electron chi connectivity index (χ4n) is 4.65. The molecule has 1 saturated heterocycles. The molecule has 0 saturated carbocycles. The topological polar surface area (TPSA) is 113 Å². The number of ketones is 1. The van der Waals surface area contributed by atoms with Gasteiger partial charge in [0.1, 0.15) is 12.1 Å². The lowest BCUT2D eigenvalue weighted by molar-refractivity contribution is -0.175. The van der Waals surface area contributed by atoms with Gasteiger partial charge in [-0.15, -0.1) is 0 Å². The van der Waals surface area contributed by atoms with Gasteiger partial charge in [0.05, 0.1) is 29.2 Å². The number of nitrogens with zero attached hydrogens (tertiary/aromatic N) is 3. The number of hydrogen-bond acceptors (Lipinski definition) is 5. The van der Waals surface area contributed by atoms with Crippen LogP contribution >= 0.6 is 15.9 Å². The molecule has 0 radical (unpaired) electrons. The maximum absolute atomic E-state index is 13.6. The number of carbonyl (C=O) groups is 4. The molecule has 13 heteroatoms. The zero-order chi connectivity index (χ0) is 29.9. The van der Waals surface area contributed by atoms with Crippen molar-refractivity contribution >= 4 is 39.4 Å². The Morgan fingerprint density at radius 3 is 2.15 bits per heavy atom. The molecule has 1 fully saturated rings. The van der Waals surface area contributed by atoms with Crippen molar-refractivity contribution in [3.63, 3.8) is 0 Å². The lowest BCUT2D eigenvalue weighted by Gasteiger charge is -2.31. The van der Waals surface area contributed by atoms with Gasteiger partial charge in [-0.3, -0.25) is 19.2 Å². The van der Waals surface area contributed by atoms with Gasteiger partial charge in [0.15, 0.2) is 0 Å². The number of rotatable bonds is 9. The largest absolute Gasteiger partial charge is 0.452 e. The van der Waals surface area contributed by atoms with Crippen LogP contribution in [0.3, 0.4) is 0 Å². The van der Waals surface area contributed by atoms with E-state index in [1.807, 2.05) is 24.3 Å². The molecule has 0 spiro atoms.